The molecule has 0 saturated heterocycles. The van der Waals surface area contributed by atoms with E-state index in [0.717, 1.165) is 0 Å². The minimum absolute atomic E-state index is 0.535. The van der Waals surface area contributed by atoms with Gasteiger partial charge < -0.3 is 0 Å². The molecule has 0 aliphatic heterocycles. The Morgan fingerprint density at radius 3 is 2.33 bits per heavy atom. The largest absolute Gasteiger partial charge is 0.281 e. The van der Waals surface area contributed by atoms with Gasteiger partial charge in [-0.15, -0.1) is 0 Å². The standard InChI is InChI=1S/C6H2Cl2F3NO2S/c7-2-1-3(5(10)11)12-6(4(2)9)15(8,13)14/h1,5H. The molecule has 0 bridgehead atoms. The fourth-order valence-corrected chi connectivity index (χ4v) is 1.87. The molecule has 3 nitrogen and oxygen atoms in total. The molecular formula is C6H2Cl2F3NO2S. The van der Waals surface area contributed by atoms with Crippen molar-refractivity contribution < 1.29 is 21.6 Å². The maximum absolute atomic E-state index is 13.0. The van der Waals surface area contributed by atoms with E-state index in [4.69, 9.17) is 22.3 Å². The number of hydrogen-bond donors (Lipinski definition) is 0. The summed E-state index contributed by atoms with van der Waals surface area (Å²) < 4.78 is 58.8. The Balaban J connectivity index is 3.52. The van der Waals surface area contributed by atoms with Gasteiger partial charge in [0.25, 0.3) is 15.5 Å². The Morgan fingerprint density at radius 2 is 1.93 bits per heavy atom. The van der Waals surface area contributed by atoms with Crippen LogP contribution in [0.3, 0.4) is 0 Å². The first-order valence-electron chi connectivity index (χ1n) is 3.32. The highest BCUT2D eigenvalue weighted by atomic mass is 35.7. The van der Waals surface area contributed by atoms with E-state index in [1.54, 1.807) is 0 Å². The monoisotopic (exact) mass is 279 g/mol. The molecule has 9 heteroatoms. The molecule has 1 rings (SSSR count). The van der Waals surface area contributed by atoms with E-state index in [2.05, 4.69) is 4.98 Å². The molecule has 0 radical (unpaired) electrons. The van der Waals surface area contributed by atoms with Gasteiger partial charge in [-0.3, -0.25) is 0 Å². The van der Waals surface area contributed by atoms with Crippen LogP contribution in [0.1, 0.15) is 12.1 Å². The van der Waals surface area contributed by atoms with E-state index in [1.807, 2.05) is 0 Å². The SMILES string of the molecule is O=S(=O)(Cl)c1nc(C(F)F)cc(Cl)c1F. The third-order valence-corrected chi connectivity index (χ3v) is 2.80. The molecule has 1 heterocycles. The van der Waals surface area contributed by atoms with Crippen molar-refractivity contribution >= 4 is 31.3 Å². The molecule has 15 heavy (non-hydrogen) atoms. The van der Waals surface area contributed by atoms with Crippen molar-refractivity contribution in [3.63, 3.8) is 0 Å². The first-order valence-corrected chi connectivity index (χ1v) is 6.01. The van der Waals surface area contributed by atoms with Crippen LogP contribution in [-0.4, -0.2) is 13.4 Å². The fraction of sp³-hybridized carbons (Fsp3) is 0.167. The number of rotatable bonds is 2. The number of nitrogens with zero attached hydrogens (tertiary/aromatic N) is 1. The molecule has 0 aliphatic rings. The lowest BCUT2D eigenvalue weighted by molar-refractivity contribution is 0.145. The summed E-state index contributed by atoms with van der Waals surface area (Å²) in [6, 6.07) is 0.535. The number of hydrogen-bond acceptors (Lipinski definition) is 3. The Kier molecular flexibility index (Phi) is 3.47. The van der Waals surface area contributed by atoms with Crippen molar-refractivity contribution in [2.45, 2.75) is 11.5 Å². The highest BCUT2D eigenvalue weighted by molar-refractivity contribution is 8.13. The summed E-state index contributed by atoms with van der Waals surface area (Å²) in [6.45, 7) is 0. The van der Waals surface area contributed by atoms with Gasteiger partial charge in [0.15, 0.2) is 5.82 Å². The molecule has 0 spiro atoms. The van der Waals surface area contributed by atoms with Crippen molar-refractivity contribution in [1.82, 2.24) is 4.98 Å². The van der Waals surface area contributed by atoms with Crippen molar-refractivity contribution in [3.8, 4) is 0 Å². The van der Waals surface area contributed by atoms with Crippen molar-refractivity contribution in [2.75, 3.05) is 0 Å². The van der Waals surface area contributed by atoms with Gasteiger partial charge in [0, 0.05) is 10.7 Å². The van der Waals surface area contributed by atoms with Gasteiger partial charge in [0.05, 0.1) is 5.02 Å². The minimum atomic E-state index is -4.54. The van der Waals surface area contributed by atoms with E-state index < -0.39 is 37.0 Å². The van der Waals surface area contributed by atoms with Crippen LogP contribution in [0.2, 0.25) is 5.02 Å². The molecule has 0 amide bonds. The Labute approximate surface area is 92.2 Å². The number of alkyl halides is 2. The van der Waals surface area contributed by atoms with E-state index >= 15 is 0 Å². The van der Waals surface area contributed by atoms with Gasteiger partial charge >= 0.3 is 0 Å². The third-order valence-electron chi connectivity index (χ3n) is 1.36. The molecule has 1 aromatic rings. The first-order chi connectivity index (χ1) is 6.73. The zero-order valence-corrected chi connectivity index (χ0v) is 9.04. The van der Waals surface area contributed by atoms with E-state index in [9.17, 15) is 21.6 Å². The second kappa shape index (κ2) is 4.15. The highest BCUT2D eigenvalue weighted by Gasteiger charge is 2.24. The van der Waals surface area contributed by atoms with Crippen LogP contribution in [0.25, 0.3) is 0 Å². The molecule has 1 aromatic heterocycles. The first kappa shape index (κ1) is 12.5. The summed E-state index contributed by atoms with van der Waals surface area (Å²) in [7, 11) is 0.235. The highest BCUT2D eigenvalue weighted by Crippen LogP contribution is 2.27. The van der Waals surface area contributed by atoms with Crippen molar-refractivity contribution in [3.05, 3.63) is 22.6 Å². The summed E-state index contributed by atoms with van der Waals surface area (Å²) in [6.07, 6.45) is -3.07. The molecule has 0 aliphatic carbocycles. The summed E-state index contributed by atoms with van der Waals surface area (Å²) in [4.78, 5) is 2.87. The van der Waals surface area contributed by atoms with Crippen LogP contribution in [0, 0.1) is 5.82 Å². The van der Waals surface area contributed by atoms with Crippen LogP contribution in [0.15, 0.2) is 11.1 Å². The second-order valence-corrected chi connectivity index (χ2v) is 5.28. The topological polar surface area (TPSA) is 47.0 Å². The lowest BCUT2D eigenvalue weighted by Gasteiger charge is -2.04. The minimum Gasteiger partial charge on any atom is -0.231 e. The van der Waals surface area contributed by atoms with Crippen LogP contribution in [-0.2, 0) is 9.05 Å². The summed E-state index contributed by atoms with van der Waals surface area (Å²) >= 11 is 5.20. The average molecular weight is 280 g/mol. The lowest BCUT2D eigenvalue weighted by Crippen LogP contribution is -2.04. The normalized spacial score (nSPS) is 12.1. The Bertz CT molecular complexity index is 491. The quantitative estimate of drug-likeness (QED) is 0.782. The van der Waals surface area contributed by atoms with Gasteiger partial charge in [0.1, 0.15) is 5.69 Å². The summed E-state index contributed by atoms with van der Waals surface area (Å²) in [5, 5.41) is -2.08. The molecule has 0 fully saturated rings. The Hall–Kier alpha value is -0.530. The van der Waals surface area contributed by atoms with Crippen molar-refractivity contribution in [1.29, 1.82) is 0 Å². The fourth-order valence-electron chi connectivity index (χ4n) is 0.767. The molecule has 0 N–H and O–H groups in total. The van der Waals surface area contributed by atoms with Gasteiger partial charge in [-0.05, 0) is 6.07 Å². The summed E-state index contributed by atoms with van der Waals surface area (Å²) in [5.41, 5.74) is -0.958. The maximum atomic E-state index is 13.0. The number of aromatic nitrogens is 1. The lowest BCUT2D eigenvalue weighted by atomic mass is 10.3. The third kappa shape index (κ3) is 2.73. The van der Waals surface area contributed by atoms with E-state index in [0.29, 0.717) is 6.07 Å². The molecule has 0 unspecified atom stereocenters. The van der Waals surface area contributed by atoms with Gasteiger partial charge in [-0.25, -0.2) is 26.6 Å². The maximum Gasteiger partial charge on any atom is 0.281 e. The van der Waals surface area contributed by atoms with Gasteiger partial charge in [-0.1, -0.05) is 11.6 Å². The summed E-state index contributed by atoms with van der Waals surface area (Å²) in [5.74, 6) is -1.45. The zero-order valence-electron chi connectivity index (χ0n) is 6.72. The Morgan fingerprint density at radius 1 is 1.40 bits per heavy atom. The van der Waals surface area contributed by atoms with Crippen molar-refractivity contribution in [2.24, 2.45) is 0 Å². The van der Waals surface area contributed by atoms with Gasteiger partial charge in [0.2, 0.25) is 5.03 Å². The molecule has 0 atom stereocenters. The molecule has 84 valence electrons. The second-order valence-electron chi connectivity index (χ2n) is 2.39. The van der Waals surface area contributed by atoms with E-state index in [-0.39, 0.29) is 0 Å². The predicted molar refractivity (Wildman–Crippen MR) is 47.2 cm³/mol. The molecule has 0 aromatic carbocycles. The predicted octanol–water partition coefficient (Wildman–Crippen LogP) is 2.74. The van der Waals surface area contributed by atoms with E-state index in [1.165, 1.54) is 0 Å². The van der Waals surface area contributed by atoms with Crippen LogP contribution in [0.5, 0.6) is 0 Å². The van der Waals surface area contributed by atoms with Crippen LogP contribution in [0.4, 0.5) is 13.2 Å². The number of pyridine rings is 1. The van der Waals surface area contributed by atoms with Gasteiger partial charge in [-0.2, -0.15) is 0 Å². The number of halogens is 5. The molecule has 0 saturated carbocycles. The average Bonchev–Trinajstić information content (AvgIpc) is 2.06. The van der Waals surface area contributed by atoms with Crippen LogP contribution >= 0.6 is 22.3 Å². The smallest absolute Gasteiger partial charge is 0.231 e. The zero-order chi connectivity index (χ0) is 11.8. The van der Waals surface area contributed by atoms with Crippen LogP contribution < -0.4 is 0 Å². The molecular weight excluding hydrogens is 278 g/mol.